The van der Waals surface area contributed by atoms with Crippen molar-refractivity contribution in [2.75, 3.05) is 0 Å². The lowest BCUT2D eigenvalue weighted by Crippen LogP contribution is -2.01. The standard InChI is InChI=1S/C9H11N3O/c1-2-7-11-8(13-12-7)5-9(6-10)3-4-9/h2-5H2,1H3. The van der Waals surface area contributed by atoms with Gasteiger partial charge in [-0.2, -0.15) is 10.2 Å². The number of hydrogen-bond donors (Lipinski definition) is 0. The number of nitrogens with zero attached hydrogens (tertiary/aromatic N) is 3. The van der Waals surface area contributed by atoms with Crippen LogP contribution in [0.15, 0.2) is 4.52 Å². The first-order valence-electron chi connectivity index (χ1n) is 4.51. The molecule has 1 aromatic rings. The number of nitriles is 1. The van der Waals surface area contributed by atoms with E-state index in [2.05, 4.69) is 16.2 Å². The smallest absolute Gasteiger partial charge is 0.228 e. The molecular formula is C9H11N3O. The van der Waals surface area contributed by atoms with Crippen LogP contribution in [0.3, 0.4) is 0 Å². The first-order valence-corrected chi connectivity index (χ1v) is 4.51. The van der Waals surface area contributed by atoms with Crippen LogP contribution in [-0.4, -0.2) is 10.1 Å². The maximum atomic E-state index is 8.84. The van der Waals surface area contributed by atoms with E-state index >= 15 is 0 Å². The van der Waals surface area contributed by atoms with Crippen molar-refractivity contribution in [1.82, 2.24) is 10.1 Å². The predicted octanol–water partition coefficient (Wildman–Crippen LogP) is 1.48. The van der Waals surface area contributed by atoms with Crippen molar-refractivity contribution in [3.63, 3.8) is 0 Å². The minimum absolute atomic E-state index is 0.183. The van der Waals surface area contributed by atoms with Crippen LogP contribution in [0.2, 0.25) is 0 Å². The molecule has 0 aromatic carbocycles. The first-order chi connectivity index (χ1) is 6.28. The summed E-state index contributed by atoms with van der Waals surface area (Å²) in [5.74, 6) is 1.33. The Balaban J connectivity index is 2.06. The number of aryl methyl sites for hydroxylation is 1. The Hall–Kier alpha value is -1.37. The van der Waals surface area contributed by atoms with Gasteiger partial charge in [0.2, 0.25) is 5.89 Å². The van der Waals surface area contributed by atoms with Gasteiger partial charge in [0.15, 0.2) is 5.82 Å². The van der Waals surface area contributed by atoms with Crippen molar-refractivity contribution in [2.45, 2.75) is 32.6 Å². The Bertz CT molecular complexity index is 346. The predicted molar refractivity (Wildman–Crippen MR) is 44.7 cm³/mol. The number of rotatable bonds is 3. The van der Waals surface area contributed by atoms with Crippen molar-refractivity contribution in [3.8, 4) is 6.07 Å². The van der Waals surface area contributed by atoms with E-state index in [1.54, 1.807) is 0 Å². The highest BCUT2D eigenvalue weighted by atomic mass is 16.5. The topological polar surface area (TPSA) is 62.7 Å². The van der Waals surface area contributed by atoms with Crippen molar-refractivity contribution < 1.29 is 4.52 Å². The third-order valence-electron chi connectivity index (χ3n) is 2.41. The van der Waals surface area contributed by atoms with Crippen LogP contribution in [-0.2, 0) is 12.8 Å². The van der Waals surface area contributed by atoms with Crippen LogP contribution in [0, 0.1) is 16.7 Å². The molecule has 0 unspecified atom stereocenters. The van der Waals surface area contributed by atoms with E-state index < -0.39 is 0 Å². The van der Waals surface area contributed by atoms with Crippen LogP contribution >= 0.6 is 0 Å². The summed E-state index contributed by atoms with van der Waals surface area (Å²) in [6.45, 7) is 1.98. The van der Waals surface area contributed by atoms with E-state index in [-0.39, 0.29) is 5.41 Å². The van der Waals surface area contributed by atoms with Crippen molar-refractivity contribution >= 4 is 0 Å². The SMILES string of the molecule is CCc1noc(CC2(C#N)CC2)n1. The maximum absolute atomic E-state index is 8.84. The third-order valence-corrected chi connectivity index (χ3v) is 2.41. The van der Waals surface area contributed by atoms with Crippen LogP contribution in [0.25, 0.3) is 0 Å². The average molecular weight is 177 g/mol. The van der Waals surface area contributed by atoms with Crippen LogP contribution in [0.5, 0.6) is 0 Å². The van der Waals surface area contributed by atoms with Gasteiger partial charge in [0, 0.05) is 12.8 Å². The van der Waals surface area contributed by atoms with E-state index in [1.807, 2.05) is 6.92 Å². The van der Waals surface area contributed by atoms with Gasteiger partial charge in [-0.15, -0.1) is 0 Å². The molecule has 13 heavy (non-hydrogen) atoms. The minimum atomic E-state index is -0.183. The van der Waals surface area contributed by atoms with E-state index in [1.165, 1.54) is 0 Å². The van der Waals surface area contributed by atoms with E-state index in [0.29, 0.717) is 12.3 Å². The van der Waals surface area contributed by atoms with Crippen LogP contribution < -0.4 is 0 Å². The van der Waals surface area contributed by atoms with Crippen LogP contribution in [0.1, 0.15) is 31.5 Å². The molecule has 0 spiro atoms. The van der Waals surface area contributed by atoms with Gasteiger partial charge in [0.05, 0.1) is 11.5 Å². The third kappa shape index (κ3) is 1.55. The van der Waals surface area contributed by atoms with Gasteiger partial charge in [-0.25, -0.2) is 0 Å². The first kappa shape index (κ1) is 8.24. The van der Waals surface area contributed by atoms with Gasteiger partial charge in [-0.1, -0.05) is 12.1 Å². The fourth-order valence-corrected chi connectivity index (χ4v) is 1.27. The molecule has 0 saturated heterocycles. The van der Waals surface area contributed by atoms with E-state index in [4.69, 9.17) is 9.78 Å². The molecule has 68 valence electrons. The fourth-order valence-electron chi connectivity index (χ4n) is 1.27. The summed E-state index contributed by atoms with van der Waals surface area (Å²) in [7, 11) is 0. The lowest BCUT2D eigenvalue weighted by molar-refractivity contribution is 0.358. The summed E-state index contributed by atoms with van der Waals surface area (Å²) in [6, 6.07) is 2.30. The quantitative estimate of drug-likeness (QED) is 0.701. The second-order valence-electron chi connectivity index (χ2n) is 3.53. The largest absolute Gasteiger partial charge is 0.339 e. The molecular weight excluding hydrogens is 166 g/mol. The highest BCUT2D eigenvalue weighted by Gasteiger charge is 2.44. The molecule has 0 aliphatic heterocycles. The molecule has 4 nitrogen and oxygen atoms in total. The molecule has 1 fully saturated rings. The summed E-state index contributed by atoms with van der Waals surface area (Å²) >= 11 is 0. The van der Waals surface area contributed by atoms with Crippen molar-refractivity contribution in [3.05, 3.63) is 11.7 Å². The Morgan fingerprint density at radius 2 is 2.38 bits per heavy atom. The molecule has 1 aromatic heterocycles. The van der Waals surface area contributed by atoms with Crippen molar-refractivity contribution in [2.24, 2.45) is 5.41 Å². The average Bonchev–Trinajstić information content (AvgIpc) is 2.77. The summed E-state index contributed by atoms with van der Waals surface area (Å²) in [5, 5.41) is 12.6. The Labute approximate surface area is 76.6 Å². The monoisotopic (exact) mass is 177 g/mol. The highest BCUT2D eigenvalue weighted by Crippen LogP contribution is 2.47. The Morgan fingerprint density at radius 1 is 1.62 bits per heavy atom. The molecule has 1 aliphatic rings. The molecule has 0 N–H and O–H groups in total. The lowest BCUT2D eigenvalue weighted by atomic mass is 10.1. The number of aromatic nitrogens is 2. The summed E-state index contributed by atoms with van der Waals surface area (Å²) in [5.41, 5.74) is -0.183. The fraction of sp³-hybridized carbons (Fsp3) is 0.667. The van der Waals surface area contributed by atoms with Gasteiger partial charge in [-0.3, -0.25) is 0 Å². The van der Waals surface area contributed by atoms with Gasteiger partial charge in [0.25, 0.3) is 0 Å². The summed E-state index contributed by atoms with van der Waals surface area (Å²) in [6.07, 6.45) is 3.33. The molecule has 1 saturated carbocycles. The second-order valence-corrected chi connectivity index (χ2v) is 3.53. The molecule has 4 heteroatoms. The minimum Gasteiger partial charge on any atom is -0.339 e. The molecule has 0 bridgehead atoms. The Morgan fingerprint density at radius 3 is 2.85 bits per heavy atom. The summed E-state index contributed by atoms with van der Waals surface area (Å²) < 4.78 is 5.02. The maximum Gasteiger partial charge on any atom is 0.228 e. The molecule has 1 aliphatic carbocycles. The Kier molecular flexibility index (Phi) is 1.80. The molecule has 2 rings (SSSR count). The van der Waals surface area contributed by atoms with Gasteiger partial charge in [-0.05, 0) is 12.8 Å². The molecule has 0 atom stereocenters. The zero-order chi connectivity index (χ0) is 9.31. The molecule has 0 amide bonds. The van der Waals surface area contributed by atoms with Gasteiger partial charge < -0.3 is 4.52 Å². The lowest BCUT2D eigenvalue weighted by Gasteiger charge is -1.97. The van der Waals surface area contributed by atoms with E-state index in [9.17, 15) is 0 Å². The normalized spacial score (nSPS) is 18.2. The number of hydrogen-bond acceptors (Lipinski definition) is 4. The van der Waals surface area contributed by atoms with Gasteiger partial charge >= 0.3 is 0 Å². The molecule has 0 radical (unpaired) electrons. The highest BCUT2D eigenvalue weighted by molar-refractivity contribution is 5.13. The van der Waals surface area contributed by atoms with Gasteiger partial charge in [0.1, 0.15) is 0 Å². The second kappa shape index (κ2) is 2.84. The molecule has 1 heterocycles. The van der Waals surface area contributed by atoms with Crippen molar-refractivity contribution in [1.29, 1.82) is 5.26 Å². The zero-order valence-electron chi connectivity index (χ0n) is 7.58. The van der Waals surface area contributed by atoms with Crippen LogP contribution in [0.4, 0.5) is 0 Å². The van der Waals surface area contributed by atoms with E-state index in [0.717, 1.165) is 25.1 Å². The summed E-state index contributed by atoms with van der Waals surface area (Å²) in [4.78, 5) is 4.17. The zero-order valence-corrected chi connectivity index (χ0v) is 7.58.